The van der Waals surface area contributed by atoms with Gasteiger partial charge >= 0.3 is 12.1 Å². The topological polar surface area (TPSA) is 67.9 Å². The standard InChI is InChI=1S/C18H32N2O4/c1-18(2,3)24-17(22)20-10-7-14(16(21)23-4)12-15(20)11-13-5-8-19-9-6-13/h13-15,19H,5-12H2,1-4H3/t14-,15-/m1/s1. The summed E-state index contributed by atoms with van der Waals surface area (Å²) in [5.41, 5.74) is -0.504. The quantitative estimate of drug-likeness (QED) is 0.800. The van der Waals surface area contributed by atoms with Crippen LogP contribution >= 0.6 is 0 Å². The highest BCUT2D eigenvalue weighted by atomic mass is 16.6. The van der Waals surface area contributed by atoms with Crippen molar-refractivity contribution in [2.24, 2.45) is 11.8 Å². The predicted octanol–water partition coefficient (Wildman–Crippen LogP) is 2.56. The van der Waals surface area contributed by atoms with Crippen LogP contribution in [-0.4, -0.2) is 55.3 Å². The zero-order chi connectivity index (χ0) is 17.7. The lowest BCUT2D eigenvalue weighted by Gasteiger charge is -2.41. The lowest BCUT2D eigenvalue weighted by Crippen LogP contribution is -2.50. The molecule has 138 valence electrons. The summed E-state index contributed by atoms with van der Waals surface area (Å²) < 4.78 is 10.5. The molecule has 6 heteroatoms. The Balaban J connectivity index is 2.05. The molecule has 2 saturated heterocycles. The van der Waals surface area contributed by atoms with E-state index in [1.807, 2.05) is 25.7 Å². The minimum Gasteiger partial charge on any atom is -0.469 e. The first kappa shape index (κ1) is 19.0. The zero-order valence-electron chi connectivity index (χ0n) is 15.5. The Labute approximate surface area is 145 Å². The number of methoxy groups -OCH3 is 1. The van der Waals surface area contributed by atoms with E-state index in [0.29, 0.717) is 25.3 Å². The van der Waals surface area contributed by atoms with Gasteiger partial charge < -0.3 is 19.7 Å². The van der Waals surface area contributed by atoms with Crippen molar-refractivity contribution in [3.63, 3.8) is 0 Å². The molecule has 2 fully saturated rings. The van der Waals surface area contributed by atoms with Crippen molar-refractivity contribution in [2.45, 2.75) is 64.5 Å². The fourth-order valence-corrected chi connectivity index (χ4v) is 3.72. The Hall–Kier alpha value is -1.30. The van der Waals surface area contributed by atoms with Crippen molar-refractivity contribution in [2.75, 3.05) is 26.7 Å². The van der Waals surface area contributed by atoms with Crippen molar-refractivity contribution in [3.8, 4) is 0 Å². The third-order valence-electron chi connectivity index (χ3n) is 4.94. The number of carbonyl (C=O) groups is 2. The third-order valence-corrected chi connectivity index (χ3v) is 4.94. The number of carbonyl (C=O) groups excluding carboxylic acids is 2. The Morgan fingerprint density at radius 1 is 1.17 bits per heavy atom. The molecule has 0 aromatic carbocycles. The summed E-state index contributed by atoms with van der Waals surface area (Å²) in [6.07, 6.45) is 4.26. The van der Waals surface area contributed by atoms with Crippen LogP contribution < -0.4 is 5.32 Å². The van der Waals surface area contributed by atoms with Gasteiger partial charge in [0, 0.05) is 12.6 Å². The van der Waals surface area contributed by atoms with Gasteiger partial charge in [0.25, 0.3) is 0 Å². The van der Waals surface area contributed by atoms with Crippen LogP contribution in [0.4, 0.5) is 4.79 Å². The first-order chi connectivity index (χ1) is 11.3. The van der Waals surface area contributed by atoms with E-state index in [2.05, 4.69) is 5.32 Å². The molecule has 0 spiro atoms. The van der Waals surface area contributed by atoms with Gasteiger partial charge in [-0.15, -0.1) is 0 Å². The number of piperidine rings is 2. The molecule has 2 aliphatic heterocycles. The Bertz CT molecular complexity index is 441. The van der Waals surface area contributed by atoms with Crippen LogP contribution in [0.15, 0.2) is 0 Å². The number of amides is 1. The molecule has 0 bridgehead atoms. The first-order valence-electron chi connectivity index (χ1n) is 9.08. The highest BCUT2D eigenvalue weighted by Crippen LogP contribution is 2.31. The second-order valence-corrected chi connectivity index (χ2v) is 8.00. The smallest absolute Gasteiger partial charge is 0.410 e. The molecule has 0 aromatic heterocycles. The van der Waals surface area contributed by atoms with Crippen LogP contribution in [0, 0.1) is 11.8 Å². The van der Waals surface area contributed by atoms with Crippen molar-refractivity contribution >= 4 is 12.1 Å². The van der Waals surface area contributed by atoms with Gasteiger partial charge in [-0.05, 0) is 71.9 Å². The molecule has 0 aliphatic carbocycles. The average Bonchev–Trinajstić information content (AvgIpc) is 2.53. The summed E-state index contributed by atoms with van der Waals surface area (Å²) in [6.45, 7) is 8.27. The van der Waals surface area contributed by atoms with E-state index in [-0.39, 0.29) is 24.0 Å². The Morgan fingerprint density at radius 3 is 2.42 bits per heavy atom. The number of likely N-dealkylation sites (tertiary alicyclic amines) is 1. The molecule has 2 rings (SSSR count). The highest BCUT2D eigenvalue weighted by molar-refractivity contribution is 5.73. The average molecular weight is 340 g/mol. The lowest BCUT2D eigenvalue weighted by molar-refractivity contribution is -0.148. The summed E-state index contributed by atoms with van der Waals surface area (Å²) in [7, 11) is 1.43. The normalized spacial score (nSPS) is 26.1. The van der Waals surface area contributed by atoms with E-state index >= 15 is 0 Å². The molecule has 0 radical (unpaired) electrons. The second kappa shape index (κ2) is 8.19. The summed E-state index contributed by atoms with van der Waals surface area (Å²) in [5.74, 6) is 0.326. The van der Waals surface area contributed by atoms with Crippen molar-refractivity contribution < 1.29 is 19.1 Å². The zero-order valence-corrected chi connectivity index (χ0v) is 15.5. The van der Waals surface area contributed by atoms with Crippen molar-refractivity contribution in [1.82, 2.24) is 10.2 Å². The third kappa shape index (κ3) is 5.36. The Kier molecular flexibility index (Phi) is 6.49. The van der Waals surface area contributed by atoms with Crippen LogP contribution in [0.5, 0.6) is 0 Å². The van der Waals surface area contributed by atoms with Gasteiger partial charge in [-0.2, -0.15) is 0 Å². The molecule has 0 saturated carbocycles. The SMILES string of the molecule is COC(=O)[C@@H]1CCN(C(=O)OC(C)(C)C)[C@H](CC2CCNCC2)C1. The molecule has 2 aliphatic rings. The summed E-state index contributed by atoms with van der Waals surface area (Å²) in [4.78, 5) is 26.4. The van der Waals surface area contributed by atoms with E-state index in [4.69, 9.17) is 9.47 Å². The fourth-order valence-electron chi connectivity index (χ4n) is 3.72. The van der Waals surface area contributed by atoms with E-state index in [0.717, 1.165) is 32.4 Å². The van der Waals surface area contributed by atoms with E-state index in [1.54, 1.807) is 0 Å². The van der Waals surface area contributed by atoms with Gasteiger partial charge in [0.05, 0.1) is 13.0 Å². The van der Waals surface area contributed by atoms with Crippen LogP contribution in [-0.2, 0) is 14.3 Å². The molecular weight excluding hydrogens is 308 g/mol. The largest absolute Gasteiger partial charge is 0.469 e. The summed E-state index contributed by atoms with van der Waals surface area (Å²) in [5, 5.41) is 3.37. The van der Waals surface area contributed by atoms with Crippen molar-refractivity contribution in [3.05, 3.63) is 0 Å². The van der Waals surface area contributed by atoms with Crippen LogP contribution in [0.25, 0.3) is 0 Å². The first-order valence-corrected chi connectivity index (χ1v) is 9.08. The monoisotopic (exact) mass is 340 g/mol. The summed E-state index contributed by atoms with van der Waals surface area (Å²) in [6, 6.07) is 0.0563. The number of ether oxygens (including phenoxy) is 2. The number of nitrogens with zero attached hydrogens (tertiary/aromatic N) is 1. The summed E-state index contributed by atoms with van der Waals surface area (Å²) >= 11 is 0. The number of nitrogens with one attached hydrogen (secondary N) is 1. The van der Waals surface area contributed by atoms with Gasteiger partial charge in [-0.1, -0.05) is 0 Å². The molecule has 2 atom stereocenters. The molecule has 1 N–H and O–H groups in total. The van der Waals surface area contributed by atoms with Crippen LogP contribution in [0.2, 0.25) is 0 Å². The van der Waals surface area contributed by atoms with Gasteiger partial charge in [-0.25, -0.2) is 4.79 Å². The Morgan fingerprint density at radius 2 is 1.83 bits per heavy atom. The maximum Gasteiger partial charge on any atom is 0.410 e. The number of rotatable bonds is 3. The van der Waals surface area contributed by atoms with Gasteiger partial charge in [-0.3, -0.25) is 4.79 Å². The minimum atomic E-state index is -0.504. The van der Waals surface area contributed by atoms with Gasteiger partial charge in [0.15, 0.2) is 0 Å². The number of esters is 1. The van der Waals surface area contributed by atoms with Gasteiger partial charge in [0.1, 0.15) is 5.60 Å². The fraction of sp³-hybridized carbons (Fsp3) is 0.889. The predicted molar refractivity (Wildman–Crippen MR) is 91.7 cm³/mol. The van der Waals surface area contributed by atoms with E-state index < -0.39 is 5.60 Å². The molecule has 24 heavy (non-hydrogen) atoms. The maximum absolute atomic E-state index is 12.6. The lowest BCUT2D eigenvalue weighted by atomic mass is 9.83. The van der Waals surface area contributed by atoms with Crippen LogP contribution in [0.3, 0.4) is 0 Å². The van der Waals surface area contributed by atoms with Gasteiger partial charge in [0.2, 0.25) is 0 Å². The maximum atomic E-state index is 12.6. The number of hydrogen-bond acceptors (Lipinski definition) is 5. The molecule has 6 nitrogen and oxygen atoms in total. The minimum absolute atomic E-state index is 0.0563. The molecule has 2 heterocycles. The van der Waals surface area contributed by atoms with Crippen LogP contribution in [0.1, 0.15) is 52.9 Å². The molecule has 1 amide bonds. The highest BCUT2D eigenvalue weighted by Gasteiger charge is 2.38. The number of hydrogen-bond donors (Lipinski definition) is 1. The van der Waals surface area contributed by atoms with E-state index in [1.165, 1.54) is 7.11 Å². The van der Waals surface area contributed by atoms with Crippen molar-refractivity contribution in [1.29, 1.82) is 0 Å². The molecular formula is C18H32N2O4. The molecule has 0 aromatic rings. The second-order valence-electron chi connectivity index (χ2n) is 8.00. The van der Waals surface area contributed by atoms with E-state index in [9.17, 15) is 9.59 Å². The molecule has 0 unspecified atom stereocenters.